The predicted molar refractivity (Wildman–Crippen MR) is 124 cm³/mol. The molecule has 2 aliphatic heterocycles. The predicted octanol–water partition coefficient (Wildman–Crippen LogP) is 3.38. The highest BCUT2D eigenvalue weighted by atomic mass is 16.2. The van der Waals surface area contributed by atoms with Gasteiger partial charge in [0, 0.05) is 62.9 Å². The number of aryl methyl sites for hydroxylation is 2. The van der Waals surface area contributed by atoms with Gasteiger partial charge in [0.15, 0.2) is 0 Å². The average molecular weight is 418 g/mol. The van der Waals surface area contributed by atoms with Crippen molar-refractivity contribution in [1.82, 2.24) is 19.2 Å². The molecule has 0 spiro atoms. The Bertz CT molecular complexity index is 1080. The monoisotopic (exact) mass is 417 g/mol. The van der Waals surface area contributed by atoms with Crippen LogP contribution in [0, 0.1) is 13.8 Å². The molecular formula is C25H31N5O. The van der Waals surface area contributed by atoms with E-state index >= 15 is 0 Å². The Hall–Kier alpha value is -2.86. The quantitative estimate of drug-likeness (QED) is 0.655. The number of piperazine rings is 1. The average Bonchev–Trinajstić information content (AvgIpc) is 3.25. The number of anilines is 1. The van der Waals surface area contributed by atoms with Crippen molar-refractivity contribution in [2.75, 3.05) is 44.2 Å². The molecule has 3 aromatic rings. The molecule has 5 rings (SSSR count). The number of carbonyl (C=O) groups is 1. The molecule has 31 heavy (non-hydrogen) atoms. The van der Waals surface area contributed by atoms with E-state index in [1.807, 2.05) is 40.6 Å². The van der Waals surface area contributed by atoms with Crippen LogP contribution in [0.25, 0.3) is 5.65 Å². The van der Waals surface area contributed by atoms with E-state index in [0.29, 0.717) is 11.7 Å². The van der Waals surface area contributed by atoms with E-state index in [2.05, 4.69) is 46.0 Å². The molecule has 0 aliphatic carbocycles. The first kappa shape index (κ1) is 20.1. The van der Waals surface area contributed by atoms with E-state index in [1.54, 1.807) is 0 Å². The number of piperidine rings is 1. The minimum atomic E-state index is 0.0614. The van der Waals surface area contributed by atoms with Crippen LogP contribution in [0.1, 0.15) is 34.6 Å². The van der Waals surface area contributed by atoms with Gasteiger partial charge in [0.2, 0.25) is 0 Å². The first-order chi connectivity index (χ1) is 15.1. The van der Waals surface area contributed by atoms with Crippen LogP contribution in [-0.2, 0) is 0 Å². The minimum Gasteiger partial charge on any atom is -0.369 e. The van der Waals surface area contributed by atoms with Gasteiger partial charge in [0.05, 0.1) is 0 Å². The molecule has 1 aromatic carbocycles. The molecule has 6 nitrogen and oxygen atoms in total. The summed E-state index contributed by atoms with van der Waals surface area (Å²) in [4.78, 5) is 24.9. The second-order valence-corrected chi connectivity index (χ2v) is 8.88. The van der Waals surface area contributed by atoms with Gasteiger partial charge in [-0.25, -0.2) is 4.98 Å². The van der Waals surface area contributed by atoms with Gasteiger partial charge in [-0.05, 0) is 50.5 Å². The van der Waals surface area contributed by atoms with Crippen molar-refractivity contribution >= 4 is 17.2 Å². The van der Waals surface area contributed by atoms with E-state index in [9.17, 15) is 4.79 Å². The second-order valence-electron chi connectivity index (χ2n) is 8.88. The number of benzene rings is 1. The van der Waals surface area contributed by atoms with Gasteiger partial charge in [0.25, 0.3) is 5.91 Å². The van der Waals surface area contributed by atoms with Gasteiger partial charge in [0.1, 0.15) is 11.3 Å². The fraction of sp³-hybridized carbons (Fsp3) is 0.440. The molecule has 2 aliphatic rings. The summed E-state index contributed by atoms with van der Waals surface area (Å²) in [6, 6.07) is 15.1. The van der Waals surface area contributed by atoms with Crippen LogP contribution in [0.15, 0.2) is 48.7 Å². The molecule has 4 heterocycles. The number of imidazole rings is 1. The Morgan fingerprint density at radius 3 is 2.55 bits per heavy atom. The smallest absolute Gasteiger partial charge is 0.274 e. The van der Waals surface area contributed by atoms with Gasteiger partial charge in [-0.15, -0.1) is 0 Å². The number of nitrogens with zero attached hydrogens (tertiary/aromatic N) is 5. The number of hydrogen-bond donors (Lipinski definition) is 0. The van der Waals surface area contributed by atoms with E-state index in [0.717, 1.165) is 57.0 Å². The third-order valence-corrected chi connectivity index (χ3v) is 6.89. The van der Waals surface area contributed by atoms with Gasteiger partial charge >= 0.3 is 0 Å². The third kappa shape index (κ3) is 3.92. The minimum absolute atomic E-state index is 0.0614. The number of carbonyl (C=O) groups excluding carboxylic acids is 1. The van der Waals surface area contributed by atoms with Crippen molar-refractivity contribution in [3.8, 4) is 0 Å². The summed E-state index contributed by atoms with van der Waals surface area (Å²) in [7, 11) is 0. The maximum Gasteiger partial charge on any atom is 0.274 e. The number of hydrogen-bond acceptors (Lipinski definition) is 4. The number of para-hydroxylation sites is 1. The van der Waals surface area contributed by atoms with Crippen LogP contribution in [-0.4, -0.2) is 70.4 Å². The van der Waals surface area contributed by atoms with E-state index in [1.165, 1.54) is 17.7 Å². The lowest BCUT2D eigenvalue weighted by molar-refractivity contribution is 0.0559. The molecule has 0 bridgehead atoms. The SMILES string of the molecule is Cc1ccccc1N1CCN([C@@H]2CCCN(C(=O)c3cn4c(C)cccc4n3)C2)CC1. The molecule has 0 N–H and O–H groups in total. The Kier molecular flexibility index (Phi) is 5.40. The zero-order valence-corrected chi connectivity index (χ0v) is 18.5. The lowest BCUT2D eigenvalue weighted by atomic mass is 10.0. The van der Waals surface area contributed by atoms with E-state index in [-0.39, 0.29) is 5.91 Å². The third-order valence-electron chi connectivity index (χ3n) is 6.89. The first-order valence-electron chi connectivity index (χ1n) is 11.4. The van der Waals surface area contributed by atoms with E-state index in [4.69, 9.17) is 0 Å². The van der Waals surface area contributed by atoms with Crippen LogP contribution < -0.4 is 4.90 Å². The zero-order chi connectivity index (χ0) is 21.4. The number of amides is 1. The summed E-state index contributed by atoms with van der Waals surface area (Å²) < 4.78 is 2.00. The summed E-state index contributed by atoms with van der Waals surface area (Å²) >= 11 is 0. The summed E-state index contributed by atoms with van der Waals surface area (Å²) in [5.41, 5.74) is 5.17. The highest BCUT2D eigenvalue weighted by molar-refractivity contribution is 5.93. The second kappa shape index (κ2) is 8.35. The summed E-state index contributed by atoms with van der Waals surface area (Å²) in [6.07, 6.45) is 4.11. The lowest BCUT2D eigenvalue weighted by Crippen LogP contribution is -2.56. The lowest BCUT2D eigenvalue weighted by Gasteiger charge is -2.44. The van der Waals surface area contributed by atoms with Crippen molar-refractivity contribution in [2.24, 2.45) is 0 Å². The standard InChI is InChI=1S/C25H31N5O/c1-19-7-3-4-10-23(19)28-15-13-27(14-16-28)21-9-6-12-29(17-21)25(31)22-18-30-20(2)8-5-11-24(30)26-22/h3-5,7-8,10-11,18,21H,6,9,12-17H2,1-2H3/t21-/m1/s1. The van der Waals surface area contributed by atoms with E-state index < -0.39 is 0 Å². The maximum atomic E-state index is 13.2. The molecule has 0 unspecified atom stereocenters. The highest BCUT2D eigenvalue weighted by Gasteiger charge is 2.31. The fourth-order valence-electron chi connectivity index (χ4n) is 5.10. The maximum absolute atomic E-state index is 13.2. The van der Waals surface area contributed by atoms with Gasteiger partial charge in [-0.1, -0.05) is 24.3 Å². The summed E-state index contributed by atoms with van der Waals surface area (Å²) in [6.45, 7) is 10.0. The molecule has 1 amide bonds. The van der Waals surface area contributed by atoms with Crippen LogP contribution >= 0.6 is 0 Å². The number of pyridine rings is 1. The normalized spacial score (nSPS) is 20.4. The van der Waals surface area contributed by atoms with Crippen molar-refractivity contribution in [1.29, 1.82) is 0 Å². The molecule has 6 heteroatoms. The van der Waals surface area contributed by atoms with Crippen LogP contribution in [0.5, 0.6) is 0 Å². The van der Waals surface area contributed by atoms with Crippen LogP contribution in [0.3, 0.4) is 0 Å². The molecule has 2 fully saturated rings. The number of fused-ring (bicyclic) bond motifs is 1. The zero-order valence-electron chi connectivity index (χ0n) is 18.5. The van der Waals surface area contributed by atoms with Gasteiger partial charge < -0.3 is 14.2 Å². The molecule has 2 saturated heterocycles. The largest absolute Gasteiger partial charge is 0.369 e. The van der Waals surface area contributed by atoms with Gasteiger partial charge in [-0.2, -0.15) is 0 Å². The molecule has 1 atom stereocenters. The van der Waals surface area contributed by atoms with Crippen molar-refractivity contribution in [2.45, 2.75) is 32.7 Å². The Morgan fingerprint density at radius 2 is 1.77 bits per heavy atom. The molecule has 0 radical (unpaired) electrons. The van der Waals surface area contributed by atoms with Crippen molar-refractivity contribution < 1.29 is 4.79 Å². The van der Waals surface area contributed by atoms with Crippen molar-refractivity contribution in [3.63, 3.8) is 0 Å². The van der Waals surface area contributed by atoms with Crippen molar-refractivity contribution in [3.05, 3.63) is 65.6 Å². The molecule has 2 aromatic heterocycles. The topological polar surface area (TPSA) is 44.1 Å². The van der Waals surface area contributed by atoms with Gasteiger partial charge in [-0.3, -0.25) is 9.69 Å². The highest BCUT2D eigenvalue weighted by Crippen LogP contribution is 2.24. The Morgan fingerprint density at radius 1 is 0.968 bits per heavy atom. The summed E-state index contributed by atoms with van der Waals surface area (Å²) in [5.74, 6) is 0.0614. The summed E-state index contributed by atoms with van der Waals surface area (Å²) in [5, 5.41) is 0. The van der Waals surface area contributed by atoms with Crippen LogP contribution in [0.2, 0.25) is 0 Å². The number of aromatic nitrogens is 2. The molecular weight excluding hydrogens is 386 g/mol. The number of likely N-dealkylation sites (tertiary alicyclic amines) is 1. The Labute approximate surface area is 184 Å². The molecule has 162 valence electrons. The number of rotatable bonds is 3. The fourth-order valence-corrected chi connectivity index (χ4v) is 5.10. The Balaban J connectivity index is 1.24. The molecule has 0 saturated carbocycles. The van der Waals surface area contributed by atoms with Crippen LogP contribution in [0.4, 0.5) is 5.69 Å². The first-order valence-corrected chi connectivity index (χ1v) is 11.4.